The summed E-state index contributed by atoms with van der Waals surface area (Å²) >= 11 is 0. The fourth-order valence-electron chi connectivity index (χ4n) is 3.27. The summed E-state index contributed by atoms with van der Waals surface area (Å²) in [5.41, 5.74) is 3.28. The standard InChI is InChI=1S/C20H18F2N4/c1-3-26-18-7-4-13(2)10-17(18)24-19(26)12-25-9-8-23-20(25)15-11-14(21)5-6-16(15)22/h4-11H,3,12H2,1-2H3. The molecule has 2 heterocycles. The molecule has 4 rings (SSSR count). The lowest BCUT2D eigenvalue weighted by molar-refractivity contribution is 0.599. The summed E-state index contributed by atoms with van der Waals surface area (Å²) in [6.45, 7) is 5.29. The van der Waals surface area contributed by atoms with E-state index in [1.54, 1.807) is 17.0 Å². The molecule has 26 heavy (non-hydrogen) atoms. The highest BCUT2D eigenvalue weighted by molar-refractivity contribution is 5.77. The third-order valence-electron chi connectivity index (χ3n) is 4.50. The Balaban J connectivity index is 1.79. The van der Waals surface area contributed by atoms with E-state index in [4.69, 9.17) is 4.98 Å². The zero-order valence-corrected chi connectivity index (χ0v) is 14.6. The quantitative estimate of drug-likeness (QED) is 0.540. The Morgan fingerprint density at radius 1 is 1.08 bits per heavy atom. The average Bonchev–Trinajstić information content (AvgIpc) is 3.20. The summed E-state index contributed by atoms with van der Waals surface area (Å²) in [4.78, 5) is 8.97. The molecule has 0 N–H and O–H groups in total. The highest BCUT2D eigenvalue weighted by Gasteiger charge is 2.15. The van der Waals surface area contributed by atoms with Gasteiger partial charge in [-0.1, -0.05) is 6.07 Å². The third-order valence-corrected chi connectivity index (χ3v) is 4.50. The zero-order chi connectivity index (χ0) is 18.3. The summed E-state index contributed by atoms with van der Waals surface area (Å²) in [5.74, 6) is 0.239. The van der Waals surface area contributed by atoms with Gasteiger partial charge in [0.15, 0.2) is 0 Å². The minimum atomic E-state index is -0.501. The van der Waals surface area contributed by atoms with Crippen LogP contribution in [0, 0.1) is 18.6 Å². The Bertz CT molecular complexity index is 1090. The first-order valence-corrected chi connectivity index (χ1v) is 8.49. The van der Waals surface area contributed by atoms with Crippen LogP contribution in [-0.2, 0) is 13.1 Å². The topological polar surface area (TPSA) is 35.6 Å². The fraction of sp³-hybridized carbons (Fsp3) is 0.200. The molecule has 0 bridgehead atoms. The second-order valence-electron chi connectivity index (χ2n) is 6.27. The molecule has 0 fully saturated rings. The van der Waals surface area contributed by atoms with Crippen LogP contribution in [0.5, 0.6) is 0 Å². The first-order valence-electron chi connectivity index (χ1n) is 8.49. The summed E-state index contributed by atoms with van der Waals surface area (Å²) in [6, 6.07) is 9.56. The molecule has 0 saturated heterocycles. The molecule has 4 nitrogen and oxygen atoms in total. The summed E-state index contributed by atoms with van der Waals surface area (Å²) in [5, 5.41) is 0. The van der Waals surface area contributed by atoms with E-state index in [2.05, 4.69) is 28.6 Å². The maximum atomic E-state index is 14.2. The molecular formula is C20H18F2N4. The molecule has 0 atom stereocenters. The number of rotatable bonds is 4. The van der Waals surface area contributed by atoms with E-state index in [-0.39, 0.29) is 5.56 Å². The largest absolute Gasteiger partial charge is 0.327 e. The molecule has 0 aliphatic heterocycles. The maximum absolute atomic E-state index is 14.2. The van der Waals surface area contributed by atoms with E-state index < -0.39 is 11.6 Å². The SMILES string of the molecule is CCn1c(Cn2ccnc2-c2cc(F)ccc2F)nc2cc(C)ccc21. The van der Waals surface area contributed by atoms with E-state index in [1.807, 2.05) is 13.0 Å². The minimum Gasteiger partial charge on any atom is -0.327 e. The molecule has 2 aromatic heterocycles. The third kappa shape index (κ3) is 2.77. The number of nitrogens with zero attached hydrogens (tertiary/aromatic N) is 4. The van der Waals surface area contributed by atoms with Crippen LogP contribution in [0.4, 0.5) is 8.78 Å². The molecule has 0 radical (unpaired) electrons. The van der Waals surface area contributed by atoms with Crippen molar-refractivity contribution in [2.45, 2.75) is 26.9 Å². The normalized spacial score (nSPS) is 11.4. The number of imidazole rings is 2. The van der Waals surface area contributed by atoms with Crippen molar-refractivity contribution < 1.29 is 8.78 Å². The van der Waals surface area contributed by atoms with Crippen molar-refractivity contribution in [3.63, 3.8) is 0 Å². The Morgan fingerprint density at radius 2 is 1.92 bits per heavy atom. The van der Waals surface area contributed by atoms with Crippen LogP contribution in [0.25, 0.3) is 22.4 Å². The van der Waals surface area contributed by atoms with Crippen molar-refractivity contribution in [1.29, 1.82) is 0 Å². The smallest absolute Gasteiger partial charge is 0.143 e. The molecule has 0 spiro atoms. The van der Waals surface area contributed by atoms with Crippen molar-refractivity contribution in [3.05, 3.63) is 71.8 Å². The molecule has 0 aliphatic carbocycles. The summed E-state index contributed by atoms with van der Waals surface area (Å²) in [6.07, 6.45) is 3.34. The van der Waals surface area contributed by atoms with E-state index in [9.17, 15) is 8.78 Å². The van der Waals surface area contributed by atoms with Crippen LogP contribution in [0.1, 0.15) is 18.3 Å². The summed E-state index contributed by atoms with van der Waals surface area (Å²) < 4.78 is 31.7. The van der Waals surface area contributed by atoms with Gasteiger partial charge in [0.05, 0.1) is 23.1 Å². The first kappa shape index (κ1) is 16.4. The molecule has 6 heteroatoms. The van der Waals surface area contributed by atoms with Crippen molar-refractivity contribution in [1.82, 2.24) is 19.1 Å². The molecule has 2 aromatic carbocycles. The molecule has 132 valence electrons. The molecular weight excluding hydrogens is 334 g/mol. The molecule has 0 aliphatic rings. The Kier molecular flexibility index (Phi) is 4.03. The van der Waals surface area contributed by atoms with Gasteiger partial charge in [-0.2, -0.15) is 0 Å². The van der Waals surface area contributed by atoms with Gasteiger partial charge in [-0.25, -0.2) is 18.7 Å². The van der Waals surface area contributed by atoms with Crippen LogP contribution in [-0.4, -0.2) is 19.1 Å². The van der Waals surface area contributed by atoms with Crippen LogP contribution < -0.4 is 0 Å². The van der Waals surface area contributed by atoms with Gasteiger partial charge in [0, 0.05) is 18.9 Å². The monoisotopic (exact) mass is 352 g/mol. The molecule has 0 unspecified atom stereocenters. The zero-order valence-electron chi connectivity index (χ0n) is 14.6. The van der Waals surface area contributed by atoms with Gasteiger partial charge in [-0.3, -0.25) is 0 Å². The van der Waals surface area contributed by atoms with Crippen molar-refractivity contribution in [2.24, 2.45) is 0 Å². The lowest BCUT2D eigenvalue weighted by Crippen LogP contribution is -2.09. The maximum Gasteiger partial charge on any atom is 0.143 e. The second kappa shape index (κ2) is 6.37. The average molecular weight is 352 g/mol. The van der Waals surface area contributed by atoms with E-state index in [0.717, 1.165) is 41.1 Å². The van der Waals surface area contributed by atoms with E-state index in [0.29, 0.717) is 12.4 Å². The number of fused-ring (bicyclic) bond motifs is 1. The van der Waals surface area contributed by atoms with E-state index in [1.165, 1.54) is 6.07 Å². The van der Waals surface area contributed by atoms with Crippen molar-refractivity contribution in [2.75, 3.05) is 0 Å². The van der Waals surface area contributed by atoms with Gasteiger partial charge < -0.3 is 9.13 Å². The predicted molar refractivity (Wildman–Crippen MR) is 96.8 cm³/mol. The highest BCUT2D eigenvalue weighted by Crippen LogP contribution is 2.24. The van der Waals surface area contributed by atoms with Gasteiger partial charge >= 0.3 is 0 Å². The van der Waals surface area contributed by atoms with Crippen molar-refractivity contribution in [3.8, 4) is 11.4 Å². The molecule has 0 saturated carbocycles. The summed E-state index contributed by atoms with van der Waals surface area (Å²) in [7, 11) is 0. The van der Waals surface area contributed by atoms with Gasteiger partial charge in [0.25, 0.3) is 0 Å². The fourth-order valence-corrected chi connectivity index (χ4v) is 3.27. The van der Waals surface area contributed by atoms with Crippen LogP contribution >= 0.6 is 0 Å². The Hall–Kier alpha value is -3.02. The molecule has 0 amide bonds. The number of hydrogen-bond acceptors (Lipinski definition) is 2. The van der Waals surface area contributed by atoms with E-state index >= 15 is 0 Å². The first-order chi connectivity index (χ1) is 12.6. The number of aromatic nitrogens is 4. The number of benzene rings is 2. The van der Waals surface area contributed by atoms with Crippen LogP contribution in [0.15, 0.2) is 48.8 Å². The van der Waals surface area contributed by atoms with Gasteiger partial charge in [0.1, 0.15) is 23.3 Å². The Morgan fingerprint density at radius 3 is 2.73 bits per heavy atom. The second-order valence-corrected chi connectivity index (χ2v) is 6.27. The van der Waals surface area contributed by atoms with Crippen molar-refractivity contribution >= 4 is 11.0 Å². The van der Waals surface area contributed by atoms with Crippen LogP contribution in [0.3, 0.4) is 0 Å². The lowest BCUT2D eigenvalue weighted by Gasteiger charge is -2.10. The molecule has 4 aromatic rings. The number of hydrogen-bond donors (Lipinski definition) is 0. The van der Waals surface area contributed by atoms with Gasteiger partial charge in [0.2, 0.25) is 0 Å². The highest BCUT2D eigenvalue weighted by atomic mass is 19.1. The number of aryl methyl sites for hydroxylation is 2. The predicted octanol–water partition coefficient (Wildman–Crippen LogP) is 4.55. The van der Waals surface area contributed by atoms with Gasteiger partial charge in [-0.15, -0.1) is 0 Å². The Labute approximate surface area is 149 Å². The van der Waals surface area contributed by atoms with Crippen LogP contribution in [0.2, 0.25) is 0 Å². The van der Waals surface area contributed by atoms with Gasteiger partial charge in [-0.05, 0) is 49.7 Å². The number of halogens is 2. The minimum absolute atomic E-state index is 0.144. The lowest BCUT2D eigenvalue weighted by atomic mass is 10.2.